The molecule has 0 spiro atoms. The molecule has 2 atom stereocenters. The standard InChI is InChI=1S/C16H24N4O3/c1-10(2)15-6-14(19-23-15)16(22)18-11-5-13(7-17-9-21)20(8-11)12-3-4-12/h6,9-13H,3-5,7-8H2,1-2H3,(H,17,21)(H,18,22). The lowest BCUT2D eigenvalue weighted by Crippen LogP contribution is -2.39. The molecule has 0 radical (unpaired) electrons. The lowest BCUT2D eigenvalue weighted by Gasteiger charge is -2.23. The fourth-order valence-electron chi connectivity index (χ4n) is 3.21. The van der Waals surface area contributed by atoms with Crippen molar-refractivity contribution in [1.82, 2.24) is 20.7 Å². The van der Waals surface area contributed by atoms with Crippen LogP contribution in [0.2, 0.25) is 0 Å². The van der Waals surface area contributed by atoms with Crippen LogP contribution in [-0.4, -0.2) is 53.6 Å². The maximum atomic E-state index is 12.3. The molecule has 1 aliphatic carbocycles. The summed E-state index contributed by atoms with van der Waals surface area (Å²) in [5.74, 6) is 0.735. The number of carbonyl (C=O) groups is 2. The van der Waals surface area contributed by atoms with Crippen LogP contribution in [0, 0.1) is 0 Å². The minimum atomic E-state index is -0.189. The highest BCUT2D eigenvalue weighted by Crippen LogP contribution is 2.33. The lowest BCUT2D eigenvalue weighted by atomic mass is 10.1. The number of aromatic nitrogens is 1. The summed E-state index contributed by atoms with van der Waals surface area (Å²) < 4.78 is 5.19. The van der Waals surface area contributed by atoms with Crippen LogP contribution in [0.1, 0.15) is 55.3 Å². The maximum absolute atomic E-state index is 12.3. The third kappa shape index (κ3) is 3.72. The average molecular weight is 320 g/mol. The first-order chi connectivity index (χ1) is 11.1. The van der Waals surface area contributed by atoms with Gasteiger partial charge < -0.3 is 15.2 Å². The molecule has 0 bridgehead atoms. The normalized spacial score (nSPS) is 24.8. The molecule has 2 unspecified atom stereocenters. The highest BCUT2D eigenvalue weighted by molar-refractivity contribution is 5.92. The van der Waals surface area contributed by atoms with Gasteiger partial charge in [0.25, 0.3) is 5.91 Å². The Labute approximate surface area is 135 Å². The minimum absolute atomic E-state index is 0.0840. The first kappa shape index (κ1) is 16.0. The molecular weight excluding hydrogens is 296 g/mol. The van der Waals surface area contributed by atoms with E-state index in [0.29, 0.717) is 30.1 Å². The number of hydrogen-bond donors (Lipinski definition) is 2. The van der Waals surface area contributed by atoms with E-state index in [-0.39, 0.29) is 17.9 Å². The second-order valence-corrected chi connectivity index (χ2v) is 6.78. The van der Waals surface area contributed by atoms with Gasteiger partial charge in [0.05, 0.1) is 0 Å². The Morgan fingerprint density at radius 2 is 2.30 bits per heavy atom. The van der Waals surface area contributed by atoms with Crippen LogP contribution in [0.5, 0.6) is 0 Å². The summed E-state index contributed by atoms with van der Waals surface area (Å²) in [6.07, 6.45) is 4.00. The number of amides is 2. The molecule has 126 valence electrons. The quantitative estimate of drug-likeness (QED) is 0.728. The largest absolute Gasteiger partial charge is 0.360 e. The Balaban J connectivity index is 1.58. The van der Waals surface area contributed by atoms with Crippen LogP contribution < -0.4 is 10.6 Å². The number of rotatable bonds is 7. The van der Waals surface area contributed by atoms with Gasteiger partial charge in [-0.15, -0.1) is 0 Å². The molecule has 1 saturated heterocycles. The molecular formula is C16H24N4O3. The van der Waals surface area contributed by atoms with Crippen LogP contribution in [0.3, 0.4) is 0 Å². The predicted octanol–water partition coefficient (Wildman–Crippen LogP) is 0.879. The summed E-state index contributed by atoms with van der Waals surface area (Å²) >= 11 is 0. The molecule has 2 amide bonds. The zero-order valence-corrected chi connectivity index (χ0v) is 13.6. The Bertz CT molecular complexity index is 567. The summed E-state index contributed by atoms with van der Waals surface area (Å²) in [6.45, 7) is 5.46. The summed E-state index contributed by atoms with van der Waals surface area (Å²) in [7, 11) is 0. The first-order valence-corrected chi connectivity index (χ1v) is 8.28. The van der Waals surface area contributed by atoms with E-state index >= 15 is 0 Å². The average Bonchev–Trinajstić information content (AvgIpc) is 3.09. The molecule has 2 fully saturated rings. The topological polar surface area (TPSA) is 87.5 Å². The second-order valence-electron chi connectivity index (χ2n) is 6.78. The van der Waals surface area contributed by atoms with E-state index in [0.717, 1.165) is 19.4 Å². The van der Waals surface area contributed by atoms with Crippen molar-refractivity contribution in [1.29, 1.82) is 0 Å². The molecule has 1 saturated carbocycles. The molecule has 2 N–H and O–H groups in total. The van der Waals surface area contributed by atoms with Gasteiger partial charge in [0.1, 0.15) is 5.76 Å². The van der Waals surface area contributed by atoms with E-state index in [1.54, 1.807) is 6.07 Å². The van der Waals surface area contributed by atoms with Gasteiger partial charge in [-0.1, -0.05) is 19.0 Å². The summed E-state index contributed by atoms with van der Waals surface area (Å²) in [5, 5.41) is 9.66. The molecule has 3 rings (SSSR count). The van der Waals surface area contributed by atoms with Crippen molar-refractivity contribution in [2.24, 2.45) is 0 Å². The van der Waals surface area contributed by atoms with E-state index in [2.05, 4.69) is 20.7 Å². The molecule has 7 heteroatoms. The zero-order valence-electron chi connectivity index (χ0n) is 13.6. The van der Waals surface area contributed by atoms with Crippen molar-refractivity contribution < 1.29 is 14.1 Å². The highest BCUT2D eigenvalue weighted by atomic mass is 16.5. The summed E-state index contributed by atoms with van der Waals surface area (Å²) in [5.41, 5.74) is 0.334. The molecule has 7 nitrogen and oxygen atoms in total. The molecule has 2 aliphatic rings. The lowest BCUT2D eigenvalue weighted by molar-refractivity contribution is -0.109. The fraction of sp³-hybridized carbons (Fsp3) is 0.688. The Morgan fingerprint density at radius 1 is 1.52 bits per heavy atom. The number of carbonyl (C=O) groups excluding carboxylic acids is 2. The van der Waals surface area contributed by atoms with E-state index in [9.17, 15) is 9.59 Å². The fourth-order valence-corrected chi connectivity index (χ4v) is 3.21. The molecule has 1 aromatic rings. The minimum Gasteiger partial charge on any atom is -0.360 e. The van der Waals surface area contributed by atoms with Crippen LogP contribution in [-0.2, 0) is 4.79 Å². The number of likely N-dealkylation sites (tertiary alicyclic amines) is 1. The van der Waals surface area contributed by atoms with Crippen molar-refractivity contribution in [3.05, 3.63) is 17.5 Å². The molecule has 1 aliphatic heterocycles. The van der Waals surface area contributed by atoms with Gasteiger partial charge in [-0.3, -0.25) is 14.5 Å². The van der Waals surface area contributed by atoms with Crippen molar-refractivity contribution >= 4 is 12.3 Å². The Morgan fingerprint density at radius 3 is 2.91 bits per heavy atom. The van der Waals surface area contributed by atoms with Gasteiger partial charge in [-0.05, 0) is 19.3 Å². The second kappa shape index (κ2) is 6.70. The number of nitrogens with zero attached hydrogens (tertiary/aromatic N) is 2. The van der Waals surface area contributed by atoms with Gasteiger partial charge in [-0.25, -0.2) is 0 Å². The van der Waals surface area contributed by atoms with Crippen molar-refractivity contribution in [2.45, 2.75) is 57.2 Å². The number of hydrogen-bond acceptors (Lipinski definition) is 5. The third-order valence-corrected chi connectivity index (χ3v) is 4.57. The van der Waals surface area contributed by atoms with Gasteiger partial charge >= 0.3 is 0 Å². The van der Waals surface area contributed by atoms with Crippen LogP contribution in [0.4, 0.5) is 0 Å². The molecule has 2 heterocycles. The van der Waals surface area contributed by atoms with E-state index in [1.807, 2.05) is 13.8 Å². The Kier molecular flexibility index (Phi) is 4.66. The Hall–Kier alpha value is -1.89. The molecule has 1 aromatic heterocycles. The van der Waals surface area contributed by atoms with Gasteiger partial charge in [0.2, 0.25) is 6.41 Å². The van der Waals surface area contributed by atoms with Crippen LogP contribution in [0.15, 0.2) is 10.6 Å². The van der Waals surface area contributed by atoms with E-state index in [4.69, 9.17) is 4.52 Å². The summed E-state index contributed by atoms with van der Waals surface area (Å²) in [6, 6.07) is 2.69. The van der Waals surface area contributed by atoms with E-state index < -0.39 is 0 Å². The van der Waals surface area contributed by atoms with Crippen molar-refractivity contribution in [2.75, 3.05) is 13.1 Å². The van der Waals surface area contributed by atoms with Crippen LogP contribution >= 0.6 is 0 Å². The predicted molar refractivity (Wildman–Crippen MR) is 84.0 cm³/mol. The van der Waals surface area contributed by atoms with Gasteiger partial charge in [0.15, 0.2) is 5.69 Å². The van der Waals surface area contributed by atoms with Crippen LogP contribution in [0.25, 0.3) is 0 Å². The summed E-state index contributed by atoms with van der Waals surface area (Å²) in [4.78, 5) is 25.3. The van der Waals surface area contributed by atoms with Crippen molar-refractivity contribution in [3.63, 3.8) is 0 Å². The van der Waals surface area contributed by atoms with E-state index in [1.165, 1.54) is 12.8 Å². The van der Waals surface area contributed by atoms with Gasteiger partial charge in [-0.2, -0.15) is 0 Å². The molecule has 0 aromatic carbocycles. The first-order valence-electron chi connectivity index (χ1n) is 8.28. The number of nitrogens with one attached hydrogen (secondary N) is 2. The molecule has 23 heavy (non-hydrogen) atoms. The third-order valence-electron chi connectivity index (χ3n) is 4.57. The van der Waals surface area contributed by atoms with Crippen molar-refractivity contribution in [3.8, 4) is 0 Å². The van der Waals surface area contributed by atoms with Gasteiger partial charge in [0, 0.05) is 43.2 Å². The zero-order chi connectivity index (χ0) is 16.4. The monoisotopic (exact) mass is 320 g/mol. The SMILES string of the molecule is CC(C)c1cc(C(=O)NC2CC(CNC=O)N(C3CC3)C2)no1. The highest BCUT2D eigenvalue weighted by Gasteiger charge is 2.41. The maximum Gasteiger partial charge on any atom is 0.273 e. The smallest absolute Gasteiger partial charge is 0.273 e.